The van der Waals surface area contributed by atoms with E-state index in [1.165, 1.54) is 36.8 Å². The van der Waals surface area contributed by atoms with E-state index in [9.17, 15) is 0 Å². The monoisotopic (exact) mass is 534 g/mol. The second kappa shape index (κ2) is 17.6. The fourth-order valence-corrected chi connectivity index (χ4v) is 4.15. The molecule has 2 N–H and O–H groups in total. The molecule has 2 nitrogen and oxygen atoms in total. The zero-order chi connectivity index (χ0) is 18.2. The Hall–Kier alpha value is 0.1000. The van der Waals surface area contributed by atoms with Crippen molar-refractivity contribution in [3.63, 3.8) is 0 Å². The van der Waals surface area contributed by atoms with E-state index in [1.807, 2.05) is 36.4 Å². The first-order valence-electron chi connectivity index (χ1n) is 9.60. The van der Waals surface area contributed by atoms with Gasteiger partial charge in [0.25, 0.3) is 0 Å². The lowest BCUT2D eigenvalue weighted by atomic mass is 9.82. The Morgan fingerprint density at radius 3 is 1.27 bits per heavy atom. The average Bonchev–Trinajstić information content (AvgIpc) is 2.66. The number of nitrogens with one attached hydrogen (secondary N) is 2. The average molecular weight is 537 g/mol. The molecule has 0 bridgehead atoms. The van der Waals surface area contributed by atoms with Gasteiger partial charge >= 0.3 is 0 Å². The maximum absolute atomic E-state index is 6.21. The summed E-state index contributed by atoms with van der Waals surface area (Å²) in [6.45, 7) is 3.90. The third-order valence-corrected chi connectivity index (χ3v) is 6.12. The number of benzene rings is 2. The lowest BCUT2D eigenvalue weighted by molar-refractivity contribution is 0.261. The van der Waals surface area contributed by atoms with Gasteiger partial charge in [0.15, 0.2) is 0 Å². The molecule has 0 atom stereocenters. The summed E-state index contributed by atoms with van der Waals surface area (Å²) < 4.78 is 0. The van der Waals surface area contributed by atoms with E-state index in [2.05, 4.69) is 22.8 Å². The molecule has 0 amide bonds. The highest BCUT2D eigenvalue weighted by molar-refractivity contribution is 6.31. The third-order valence-electron chi connectivity index (χ3n) is 5.38. The molecule has 2 aromatic carbocycles. The van der Waals surface area contributed by atoms with E-state index < -0.39 is 0 Å². The van der Waals surface area contributed by atoms with Gasteiger partial charge in [-0.25, -0.2) is 0 Å². The van der Waals surface area contributed by atoms with Gasteiger partial charge < -0.3 is 10.6 Å². The van der Waals surface area contributed by atoms with Crippen LogP contribution in [0, 0.1) is 11.8 Å². The fourth-order valence-electron chi connectivity index (χ4n) is 3.75. The summed E-state index contributed by atoms with van der Waals surface area (Å²) in [6, 6.07) is 16.2. The molecule has 3 rings (SSSR count). The smallest absolute Gasteiger partial charge is 0.0450 e. The molecule has 1 aliphatic rings. The Kier molecular flexibility index (Phi) is 19.0. The van der Waals surface area contributed by atoms with Gasteiger partial charge in [-0.2, -0.15) is 0 Å². The SMILES string of the molecule is Cl.Cl.Cl.Cl.Clc1ccccc1CNCC1CCC(CNCc2ccccc2Cl)CC1. The molecule has 8 heteroatoms. The van der Waals surface area contributed by atoms with Crippen LogP contribution in [-0.4, -0.2) is 13.1 Å². The Bertz CT molecular complexity index is 633. The van der Waals surface area contributed by atoms with E-state index in [1.54, 1.807) is 0 Å². The molecule has 0 saturated heterocycles. The lowest BCUT2D eigenvalue weighted by Gasteiger charge is -2.29. The summed E-state index contributed by atoms with van der Waals surface area (Å²) in [4.78, 5) is 0. The standard InChI is InChI=1S/C22H28Cl2N2.4ClH/c23-21-7-3-1-5-19(21)15-25-13-17-9-11-18(12-10-17)14-26-16-20-6-2-4-8-22(20)24;;;;/h1-8,17-18,25-26H,9-16H2;4*1H. The molecule has 1 fully saturated rings. The van der Waals surface area contributed by atoms with Crippen LogP contribution in [0.2, 0.25) is 10.0 Å². The predicted octanol–water partition coefficient (Wildman–Crippen LogP) is 7.37. The Morgan fingerprint density at radius 1 is 0.600 bits per heavy atom. The van der Waals surface area contributed by atoms with Gasteiger partial charge in [0, 0.05) is 23.1 Å². The van der Waals surface area contributed by atoms with Crippen LogP contribution >= 0.6 is 72.8 Å². The molecular formula is C22H32Cl6N2. The summed E-state index contributed by atoms with van der Waals surface area (Å²) in [6.07, 6.45) is 5.25. The summed E-state index contributed by atoms with van der Waals surface area (Å²) >= 11 is 12.4. The van der Waals surface area contributed by atoms with Crippen LogP contribution in [0.3, 0.4) is 0 Å². The highest BCUT2D eigenvalue weighted by atomic mass is 35.5. The number of rotatable bonds is 8. The minimum atomic E-state index is 0. The highest BCUT2D eigenvalue weighted by Gasteiger charge is 2.20. The summed E-state index contributed by atoms with van der Waals surface area (Å²) in [5.74, 6) is 1.58. The normalized spacial score (nSPS) is 17.5. The Morgan fingerprint density at radius 2 is 0.933 bits per heavy atom. The second-order valence-electron chi connectivity index (χ2n) is 7.33. The number of halogens is 6. The van der Waals surface area contributed by atoms with Crippen molar-refractivity contribution in [1.82, 2.24) is 10.6 Å². The quantitative estimate of drug-likeness (QED) is 0.368. The van der Waals surface area contributed by atoms with Gasteiger partial charge in [-0.3, -0.25) is 0 Å². The summed E-state index contributed by atoms with van der Waals surface area (Å²) in [5, 5.41) is 8.88. The van der Waals surface area contributed by atoms with Gasteiger partial charge in [0.1, 0.15) is 0 Å². The molecule has 0 aromatic heterocycles. The van der Waals surface area contributed by atoms with E-state index in [0.717, 1.165) is 48.1 Å². The van der Waals surface area contributed by atoms with Crippen LogP contribution in [0.25, 0.3) is 0 Å². The van der Waals surface area contributed by atoms with E-state index >= 15 is 0 Å². The molecule has 0 radical (unpaired) electrons. The third kappa shape index (κ3) is 10.6. The second-order valence-corrected chi connectivity index (χ2v) is 8.15. The Balaban J connectivity index is 0. The molecule has 0 spiro atoms. The van der Waals surface area contributed by atoms with Gasteiger partial charge in [-0.15, -0.1) is 49.6 Å². The zero-order valence-corrected chi connectivity index (χ0v) is 21.6. The van der Waals surface area contributed by atoms with Crippen LogP contribution in [0.15, 0.2) is 48.5 Å². The predicted molar refractivity (Wildman–Crippen MR) is 141 cm³/mol. The molecular weight excluding hydrogens is 505 g/mol. The van der Waals surface area contributed by atoms with Crippen LogP contribution in [-0.2, 0) is 13.1 Å². The molecule has 1 aliphatic carbocycles. The van der Waals surface area contributed by atoms with Crippen molar-refractivity contribution < 1.29 is 0 Å². The molecule has 2 aromatic rings. The first-order chi connectivity index (χ1) is 12.7. The zero-order valence-electron chi connectivity index (χ0n) is 16.8. The van der Waals surface area contributed by atoms with Crippen molar-refractivity contribution in [1.29, 1.82) is 0 Å². The molecule has 172 valence electrons. The van der Waals surface area contributed by atoms with Crippen molar-refractivity contribution in [2.24, 2.45) is 11.8 Å². The first-order valence-corrected chi connectivity index (χ1v) is 10.4. The van der Waals surface area contributed by atoms with Crippen LogP contribution in [0.4, 0.5) is 0 Å². The molecule has 0 unspecified atom stereocenters. The van der Waals surface area contributed by atoms with Crippen molar-refractivity contribution in [3.05, 3.63) is 69.7 Å². The number of hydrogen-bond donors (Lipinski definition) is 2. The van der Waals surface area contributed by atoms with Crippen LogP contribution < -0.4 is 10.6 Å². The van der Waals surface area contributed by atoms with E-state index in [4.69, 9.17) is 23.2 Å². The molecule has 0 aliphatic heterocycles. The van der Waals surface area contributed by atoms with E-state index in [0.29, 0.717) is 0 Å². The fraction of sp³-hybridized carbons (Fsp3) is 0.455. The van der Waals surface area contributed by atoms with Gasteiger partial charge in [-0.1, -0.05) is 59.6 Å². The summed E-state index contributed by atoms with van der Waals surface area (Å²) in [5.41, 5.74) is 2.37. The molecule has 1 saturated carbocycles. The maximum atomic E-state index is 6.21. The molecule has 0 heterocycles. The number of hydrogen-bond acceptors (Lipinski definition) is 2. The van der Waals surface area contributed by atoms with Crippen LogP contribution in [0.1, 0.15) is 36.8 Å². The minimum Gasteiger partial charge on any atom is -0.312 e. The van der Waals surface area contributed by atoms with Crippen molar-refractivity contribution in [2.75, 3.05) is 13.1 Å². The van der Waals surface area contributed by atoms with Crippen molar-refractivity contribution >= 4 is 72.8 Å². The van der Waals surface area contributed by atoms with Gasteiger partial charge in [-0.05, 0) is 73.9 Å². The topological polar surface area (TPSA) is 24.1 Å². The Labute approximate surface area is 215 Å². The van der Waals surface area contributed by atoms with Crippen molar-refractivity contribution in [2.45, 2.75) is 38.8 Å². The summed E-state index contributed by atoms with van der Waals surface area (Å²) in [7, 11) is 0. The first kappa shape index (κ1) is 32.3. The lowest BCUT2D eigenvalue weighted by Crippen LogP contribution is -2.30. The highest BCUT2D eigenvalue weighted by Crippen LogP contribution is 2.28. The maximum Gasteiger partial charge on any atom is 0.0450 e. The van der Waals surface area contributed by atoms with Gasteiger partial charge in [0.05, 0.1) is 0 Å². The van der Waals surface area contributed by atoms with Gasteiger partial charge in [0.2, 0.25) is 0 Å². The van der Waals surface area contributed by atoms with Crippen LogP contribution in [0.5, 0.6) is 0 Å². The largest absolute Gasteiger partial charge is 0.312 e. The molecule has 30 heavy (non-hydrogen) atoms. The van der Waals surface area contributed by atoms with E-state index in [-0.39, 0.29) is 49.6 Å². The van der Waals surface area contributed by atoms with Crippen molar-refractivity contribution in [3.8, 4) is 0 Å². The minimum absolute atomic E-state index is 0.